The van der Waals surface area contributed by atoms with Gasteiger partial charge in [-0.2, -0.15) is 0 Å². The zero-order valence-electron chi connectivity index (χ0n) is 15.4. The Hall–Kier alpha value is -2.86. The standard InChI is InChI=1S/C22H21N3O2S/c26-22(27)9-5-2-6-12-28-17-10-11-18-19(16-7-3-1-4-8-16)14-21-24-23-15-25(21)20(18)13-17/h1,3-4,7-8,10-11,13-15H,2,5-6,9,12H2,(H,26,27). The van der Waals surface area contributed by atoms with E-state index in [-0.39, 0.29) is 6.42 Å². The summed E-state index contributed by atoms with van der Waals surface area (Å²) in [6, 6.07) is 18.9. The number of fused-ring (bicyclic) bond motifs is 3. The molecule has 0 aliphatic carbocycles. The van der Waals surface area contributed by atoms with E-state index in [9.17, 15) is 4.79 Å². The van der Waals surface area contributed by atoms with Gasteiger partial charge in [-0.15, -0.1) is 22.0 Å². The maximum Gasteiger partial charge on any atom is 0.303 e. The van der Waals surface area contributed by atoms with Crippen molar-refractivity contribution in [1.82, 2.24) is 14.6 Å². The number of thioether (sulfide) groups is 1. The second-order valence-corrected chi connectivity index (χ2v) is 7.88. The van der Waals surface area contributed by atoms with Crippen molar-refractivity contribution in [2.75, 3.05) is 5.75 Å². The minimum Gasteiger partial charge on any atom is -0.481 e. The highest BCUT2D eigenvalue weighted by Crippen LogP contribution is 2.32. The van der Waals surface area contributed by atoms with E-state index in [4.69, 9.17) is 5.11 Å². The summed E-state index contributed by atoms with van der Waals surface area (Å²) < 4.78 is 2.03. The van der Waals surface area contributed by atoms with Gasteiger partial charge in [0.1, 0.15) is 6.33 Å². The molecule has 0 aliphatic heterocycles. The fourth-order valence-corrected chi connectivity index (χ4v) is 4.31. The second-order valence-electron chi connectivity index (χ2n) is 6.71. The molecule has 0 bridgehead atoms. The predicted octanol–water partition coefficient (Wildman–Crippen LogP) is 5.29. The monoisotopic (exact) mass is 391 g/mol. The van der Waals surface area contributed by atoms with Crippen LogP contribution in [0.4, 0.5) is 0 Å². The molecule has 2 heterocycles. The van der Waals surface area contributed by atoms with Crippen LogP contribution in [0.5, 0.6) is 0 Å². The first kappa shape index (κ1) is 18.5. The lowest BCUT2D eigenvalue weighted by Gasteiger charge is -2.11. The van der Waals surface area contributed by atoms with Crippen LogP contribution < -0.4 is 0 Å². The Kier molecular flexibility index (Phi) is 5.58. The molecule has 1 N–H and O–H groups in total. The van der Waals surface area contributed by atoms with Gasteiger partial charge in [0.2, 0.25) is 0 Å². The van der Waals surface area contributed by atoms with Gasteiger partial charge in [-0.25, -0.2) is 0 Å². The minimum atomic E-state index is -0.714. The first-order chi connectivity index (χ1) is 13.7. The largest absolute Gasteiger partial charge is 0.481 e. The summed E-state index contributed by atoms with van der Waals surface area (Å²) in [6.07, 6.45) is 4.72. The number of carboxylic acids is 1. The van der Waals surface area contributed by atoms with Crippen LogP contribution in [0.1, 0.15) is 25.7 Å². The van der Waals surface area contributed by atoms with Crippen LogP contribution in [0.15, 0.2) is 65.8 Å². The molecule has 142 valence electrons. The van der Waals surface area contributed by atoms with Crippen LogP contribution >= 0.6 is 11.8 Å². The molecule has 0 aliphatic rings. The number of hydrogen-bond acceptors (Lipinski definition) is 4. The maximum absolute atomic E-state index is 10.6. The number of hydrogen-bond donors (Lipinski definition) is 1. The van der Waals surface area contributed by atoms with Crippen molar-refractivity contribution in [3.05, 3.63) is 60.9 Å². The van der Waals surface area contributed by atoms with Gasteiger partial charge in [0.25, 0.3) is 0 Å². The van der Waals surface area contributed by atoms with E-state index < -0.39 is 5.97 Å². The summed E-state index contributed by atoms with van der Waals surface area (Å²) in [6.45, 7) is 0. The Morgan fingerprint density at radius 1 is 1.04 bits per heavy atom. The minimum absolute atomic E-state index is 0.258. The highest BCUT2D eigenvalue weighted by Gasteiger charge is 2.10. The number of carbonyl (C=O) groups is 1. The third-order valence-corrected chi connectivity index (χ3v) is 5.84. The first-order valence-electron chi connectivity index (χ1n) is 9.39. The number of pyridine rings is 1. The Balaban J connectivity index is 1.59. The smallest absolute Gasteiger partial charge is 0.303 e. The summed E-state index contributed by atoms with van der Waals surface area (Å²) in [5.74, 6) is 0.267. The molecule has 6 heteroatoms. The first-order valence-corrected chi connectivity index (χ1v) is 10.4. The number of unbranched alkanes of at least 4 members (excludes halogenated alkanes) is 2. The zero-order chi connectivity index (χ0) is 19.3. The van der Waals surface area contributed by atoms with E-state index in [2.05, 4.69) is 46.6 Å². The maximum atomic E-state index is 10.6. The molecular weight excluding hydrogens is 370 g/mol. The Morgan fingerprint density at radius 3 is 2.71 bits per heavy atom. The van der Waals surface area contributed by atoms with Crippen molar-refractivity contribution < 1.29 is 9.90 Å². The summed E-state index contributed by atoms with van der Waals surface area (Å²) >= 11 is 1.81. The molecule has 2 aromatic carbocycles. The Labute approximate surface area is 167 Å². The number of aliphatic carboxylic acids is 1. The normalized spacial score (nSPS) is 11.3. The second kappa shape index (κ2) is 8.44. The molecular formula is C22H21N3O2S. The molecule has 0 atom stereocenters. The lowest BCUT2D eigenvalue weighted by Crippen LogP contribution is -1.94. The van der Waals surface area contributed by atoms with Crippen molar-refractivity contribution in [3.63, 3.8) is 0 Å². The van der Waals surface area contributed by atoms with Crippen LogP contribution in [0.3, 0.4) is 0 Å². The van der Waals surface area contributed by atoms with Gasteiger partial charge in [-0.1, -0.05) is 42.8 Å². The van der Waals surface area contributed by atoms with Gasteiger partial charge in [0, 0.05) is 16.7 Å². The molecule has 2 aromatic heterocycles. The number of aromatic nitrogens is 3. The molecule has 0 amide bonds. The number of carboxylic acid groups (broad SMARTS) is 1. The van der Waals surface area contributed by atoms with Gasteiger partial charge in [0.15, 0.2) is 5.65 Å². The molecule has 0 fully saturated rings. The topological polar surface area (TPSA) is 67.5 Å². The van der Waals surface area contributed by atoms with Gasteiger partial charge in [-0.05, 0) is 47.9 Å². The Bertz CT molecular complexity index is 1110. The molecule has 5 nitrogen and oxygen atoms in total. The zero-order valence-corrected chi connectivity index (χ0v) is 16.2. The lowest BCUT2D eigenvalue weighted by atomic mass is 10.0. The van der Waals surface area contributed by atoms with Crippen LogP contribution in [0.2, 0.25) is 0 Å². The lowest BCUT2D eigenvalue weighted by molar-refractivity contribution is -0.137. The molecule has 0 saturated carbocycles. The average molecular weight is 391 g/mol. The Morgan fingerprint density at radius 2 is 1.89 bits per heavy atom. The molecule has 4 aromatic rings. The fourth-order valence-electron chi connectivity index (χ4n) is 3.36. The van der Waals surface area contributed by atoms with E-state index in [0.717, 1.165) is 47.3 Å². The predicted molar refractivity (Wildman–Crippen MR) is 113 cm³/mol. The molecule has 0 radical (unpaired) electrons. The van der Waals surface area contributed by atoms with Gasteiger partial charge in [-0.3, -0.25) is 9.20 Å². The highest BCUT2D eigenvalue weighted by atomic mass is 32.2. The van der Waals surface area contributed by atoms with Crippen LogP contribution in [0.25, 0.3) is 27.7 Å². The van der Waals surface area contributed by atoms with Crippen molar-refractivity contribution in [2.45, 2.75) is 30.6 Å². The summed E-state index contributed by atoms with van der Waals surface area (Å²) in [5, 5.41) is 18.2. The van der Waals surface area contributed by atoms with E-state index in [1.54, 1.807) is 18.1 Å². The SMILES string of the molecule is O=C(O)CCCCCSc1ccc2c(-c3ccccc3)cc3nncn3c2c1. The molecule has 0 spiro atoms. The average Bonchev–Trinajstić information content (AvgIpc) is 3.19. The quantitative estimate of drug-likeness (QED) is 0.327. The van der Waals surface area contributed by atoms with Crippen LogP contribution in [-0.4, -0.2) is 31.4 Å². The molecule has 0 saturated heterocycles. The van der Waals surface area contributed by atoms with Crippen LogP contribution in [-0.2, 0) is 4.79 Å². The van der Waals surface area contributed by atoms with Crippen molar-refractivity contribution in [3.8, 4) is 11.1 Å². The molecule has 28 heavy (non-hydrogen) atoms. The van der Waals surface area contributed by atoms with Gasteiger partial charge < -0.3 is 5.11 Å². The number of nitrogens with zero attached hydrogens (tertiary/aromatic N) is 3. The third kappa shape index (κ3) is 4.02. The molecule has 4 rings (SSSR count). The van der Waals surface area contributed by atoms with Gasteiger partial charge >= 0.3 is 5.97 Å². The van der Waals surface area contributed by atoms with Crippen molar-refractivity contribution >= 4 is 34.3 Å². The number of benzene rings is 2. The summed E-state index contributed by atoms with van der Waals surface area (Å²) in [5.41, 5.74) is 4.25. The highest BCUT2D eigenvalue weighted by molar-refractivity contribution is 7.99. The van der Waals surface area contributed by atoms with Crippen LogP contribution in [0, 0.1) is 0 Å². The van der Waals surface area contributed by atoms with E-state index in [0.29, 0.717) is 0 Å². The van der Waals surface area contributed by atoms with Gasteiger partial charge in [0.05, 0.1) is 5.52 Å². The summed E-state index contributed by atoms with van der Waals surface area (Å²) in [7, 11) is 0. The fraction of sp³-hybridized carbons (Fsp3) is 0.227. The number of rotatable bonds is 8. The summed E-state index contributed by atoms with van der Waals surface area (Å²) in [4.78, 5) is 11.8. The van der Waals surface area contributed by atoms with Crippen molar-refractivity contribution in [2.24, 2.45) is 0 Å². The third-order valence-electron chi connectivity index (χ3n) is 4.75. The molecule has 0 unspecified atom stereocenters. The van der Waals surface area contributed by atoms with E-state index in [1.807, 2.05) is 22.6 Å². The van der Waals surface area contributed by atoms with Crippen molar-refractivity contribution in [1.29, 1.82) is 0 Å². The van der Waals surface area contributed by atoms with E-state index >= 15 is 0 Å². The van der Waals surface area contributed by atoms with E-state index in [1.165, 1.54) is 10.3 Å².